The van der Waals surface area contributed by atoms with Gasteiger partial charge >= 0.3 is 0 Å². The van der Waals surface area contributed by atoms with Crippen LogP contribution in [0.1, 0.15) is 19.5 Å². The Kier molecular flexibility index (Phi) is 4.14. The number of benzene rings is 1. The summed E-state index contributed by atoms with van der Waals surface area (Å²) in [4.78, 5) is 0. The Labute approximate surface area is 114 Å². The maximum absolute atomic E-state index is 13.4. The fraction of sp³-hybridized carbons (Fsp3) is 0.308. The number of nitrogens with zero attached hydrogens (tertiary/aromatic N) is 1. The first-order valence-electron chi connectivity index (χ1n) is 5.79. The zero-order chi connectivity index (χ0) is 13.1. The third kappa shape index (κ3) is 3.17. The molecular formula is C13H15BrFN3. The topological polar surface area (TPSA) is 40.7 Å². The predicted molar refractivity (Wildman–Crippen MR) is 73.7 cm³/mol. The summed E-state index contributed by atoms with van der Waals surface area (Å²) in [6, 6.07) is 7.34. The van der Waals surface area contributed by atoms with Gasteiger partial charge in [0.15, 0.2) is 0 Å². The number of nitrogens with one attached hydrogen (secondary N) is 2. The van der Waals surface area contributed by atoms with E-state index < -0.39 is 0 Å². The molecule has 0 aliphatic heterocycles. The quantitative estimate of drug-likeness (QED) is 0.907. The van der Waals surface area contributed by atoms with Gasteiger partial charge in [-0.1, -0.05) is 19.9 Å². The highest BCUT2D eigenvalue weighted by Crippen LogP contribution is 2.23. The Morgan fingerprint density at radius 2 is 2.17 bits per heavy atom. The van der Waals surface area contributed by atoms with E-state index in [0.717, 1.165) is 23.5 Å². The summed E-state index contributed by atoms with van der Waals surface area (Å²) in [5.74, 6) is -0.280. The molecule has 0 fully saturated rings. The van der Waals surface area contributed by atoms with Gasteiger partial charge in [-0.05, 0) is 34.1 Å². The molecule has 1 aromatic heterocycles. The van der Waals surface area contributed by atoms with Crippen LogP contribution < -0.4 is 5.32 Å². The molecule has 18 heavy (non-hydrogen) atoms. The molecule has 1 aromatic carbocycles. The Hall–Kier alpha value is -1.20. The lowest BCUT2D eigenvalue weighted by molar-refractivity contribution is 0.580. The Morgan fingerprint density at radius 1 is 1.39 bits per heavy atom. The number of aromatic amines is 1. The average Bonchev–Trinajstić information content (AvgIpc) is 2.79. The molecule has 2 aromatic rings. The van der Waals surface area contributed by atoms with Crippen LogP contribution in [0, 0.1) is 5.82 Å². The molecule has 0 atom stereocenters. The van der Waals surface area contributed by atoms with Gasteiger partial charge in [-0.2, -0.15) is 5.10 Å². The predicted octanol–water partition coefficient (Wildman–Crippen LogP) is 3.48. The second-order valence-corrected chi connectivity index (χ2v) is 5.30. The Bertz CT molecular complexity index is 537. The van der Waals surface area contributed by atoms with Crippen LogP contribution in [0.3, 0.4) is 0 Å². The molecule has 96 valence electrons. The van der Waals surface area contributed by atoms with Crippen molar-refractivity contribution in [1.82, 2.24) is 15.5 Å². The van der Waals surface area contributed by atoms with E-state index in [9.17, 15) is 4.39 Å². The van der Waals surface area contributed by atoms with Crippen LogP contribution >= 0.6 is 15.9 Å². The monoisotopic (exact) mass is 311 g/mol. The van der Waals surface area contributed by atoms with Gasteiger partial charge in [0.1, 0.15) is 5.82 Å². The molecule has 0 bridgehead atoms. The smallest absolute Gasteiger partial charge is 0.138 e. The van der Waals surface area contributed by atoms with Gasteiger partial charge in [0.05, 0.1) is 10.2 Å². The highest BCUT2D eigenvalue weighted by molar-refractivity contribution is 9.10. The first-order chi connectivity index (χ1) is 8.56. The van der Waals surface area contributed by atoms with Gasteiger partial charge < -0.3 is 5.32 Å². The largest absolute Gasteiger partial charge is 0.309 e. The van der Waals surface area contributed by atoms with Crippen molar-refractivity contribution in [3.05, 3.63) is 40.2 Å². The lowest BCUT2D eigenvalue weighted by Gasteiger charge is -2.04. The first-order valence-corrected chi connectivity index (χ1v) is 6.58. The van der Waals surface area contributed by atoms with Gasteiger partial charge in [-0.25, -0.2) is 4.39 Å². The van der Waals surface area contributed by atoms with Crippen molar-refractivity contribution < 1.29 is 4.39 Å². The molecule has 0 amide bonds. The molecule has 0 spiro atoms. The molecule has 0 aliphatic rings. The van der Waals surface area contributed by atoms with Crippen molar-refractivity contribution in [2.24, 2.45) is 0 Å². The normalized spacial score (nSPS) is 11.2. The zero-order valence-electron chi connectivity index (χ0n) is 10.3. The molecule has 3 nitrogen and oxygen atoms in total. The third-order valence-electron chi connectivity index (χ3n) is 2.55. The summed E-state index contributed by atoms with van der Waals surface area (Å²) in [7, 11) is 0. The molecule has 2 N–H and O–H groups in total. The number of aromatic nitrogens is 2. The summed E-state index contributed by atoms with van der Waals surface area (Å²) in [6.07, 6.45) is 0. The van der Waals surface area contributed by atoms with Crippen molar-refractivity contribution in [2.75, 3.05) is 0 Å². The SMILES string of the molecule is CC(C)NCc1cc(-c2ccc(Br)c(F)c2)n[nH]1. The molecule has 0 saturated carbocycles. The molecular weight excluding hydrogens is 297 g/mol. The number of H-pyrrole nitrogens is 1. The van der Waals surface area contributed by atoms with Crippen LogP contribution in [0.15, 0.2) is 28.7 Å². The summed E-state index contributed by atoms with van der Waals surface area (Å²) >= 11 is 3.13. The van der Waals surface area contributed by atoms with Crippen molar-refractivity contribution in [3.63, 3.8) is 0 Å². The summed E-state index contributed by atoms with van der Waals surface area (Å²) in [6.45, 7) is 4.90. The highest BCUT2D eigenvalue weighted by Gasteiger charge is 2.07. The van der Waals surface area contributed by atoms with Crippen molar-refractivity contribution in [3.8, 4) is 11.3 Å². The first kappa shape index (κ1) is 13.2. The zero-order valence-corrected chi connectivity index (χ0v) is 11.9. The van der Waals surface area contributed by atoms with E-state index in [-0.39, 0.29) is 5.82 Å². The summed E-state index contributed by atoms with van der Waals surface area (Å²) in [5.41, 5.74) is 2.51. The molecule has 5 heteroatoms. The minimum atomic E-state index is -0.280. The van der Waals surface area contributed by atoms with Crippen molar-refractivity contribution in [2.45, 2.75) is 26.4 Å². The second kappa shape index (κ2) is 5.63. The van der Waals surface area contributed by atoms with Crippen molar-refractivity contribution >= 4 is 15.9 Å². The third-order valence-corrected chi connectivity index (χ3v) is 3.19. The van der Waals surface area contributed by atoms with E-state index in [1.165, 1.54) is 6.07 Å². The fourth-order valence-corrected chi connectivity index (χ4v) is 1.82. The number of halogens is 2. The highest BCUT2D eigenvalue weighted by atomic mass is 79.9. The lowest BCUT2D eigenvalue weighted by atomic mass is 10.1. The van der Waals surface area contributed by atoms with E-state index >= 15 is 0 Å². The van der Waals surface area contributed by atoms with Crippen molar-refractivity contribution in [1.29, 1.82) is 0 Å². The summed E-state index contributed by atoms with van der Waals surface area (Å²) in [5, 5.41) is 10.4. The van der Waals surface area contributed by atoms with Crippen LogP contribution in [0.25, 0.3) is 11.3 Å². The molecule has 0 aliphatic carbocycles. The van der Waals surface area contributed by atoms with Gasteiger partial charge in [0, 0.05) is 23.8 Å². The Balaban J connectivity index is 2.16. The second-order valence-electron chi connectivity index (χ2n) is 4.44. The molecule has 0 unspecified atom stereocenters. The maximum Gasteiger partial charge on any atom is 0.138 e. The van der Waals surface area contributed by atoms with E-state index in [2.05, 4.69) is 45.3 Å². The van der Waals surface area contributed by atoms with Crippen LogP contribution in [0.5, 0.6) is 0 Å². The minimum Gasteiger partial charge on any atom is -0.309 e. The summed E-state index contributed by atoms with van der Waals surface area (Å²) < 4.78 is 13.9. The van der Waals surface area contributed by atoms with Gasteiger partial charge in [-0.3, -0.25) is 5.10 Å². The van der Waals surface area contributed by atoms with Gasteiger partial charge in [0.2, 0.25) is 0 Å². The standard InChI is InChI=1S/C13H15BrFN3/c1-8(2)16-7-10-6-13(18-17-10)9-3-4-11(14)12(15)5-9/h3-6,8,16H,7H2,1-2H3,(H,17,18). The van der Waals surface area contributed by atoms with Crippen LogP contribution in [-0.2, 0) is 6.54 Å². The molecule has 1 heterocycles. The number of hydrogen-bond acceptors (Lipinski definition) is 2. The van der Waals surface area contributed by atoms with Gasteiger partial charge in [-0.15, -0.1) is 0 Å². The van der Waals surface area contributed by atoms with E-state index in [0.29, 0.717) is 10.5 Å². The van der Waals surface area contributed by atoms with E-state index in [4.69, 9.17) is 0 Å². The number of hydrogen-bond donors (Lipinski definition) is 2. The van der Waals surface area contributed by atoms with E-state index in [1.807, 2.05) is 12.1 Å². The Morgan fingerprint density at radius 3 is 2.83 bits per heavy atom. The van der Waals surface area contributed by atoms with Crippen LogP contribution in [-0.4, -0.2) is 16.2 Å². The molecule has 0 saturated heterocycles. The molecule has 0 radical (unpaired) electrons. The number of rotatable bonds is 4. The molecule has 2 rings (SSSR count). The van der Waals surface area contributed by atoms with Gasteiger partial charge in [0.25, 0.3) is 0 Å². The lowest BCUT2D eigenvalue weighted by Crippen LogP contribution is -2.21. The minimum absolute atomic E-state index is 0.280. The maximum atomic E-state index is 13.4. The fourth-order valence-electron chi connectivity index (χ4n) is 1.57. The van der Waals surface area contributed by atoms with Crippen LogP contribution in [0.4, 0.5) is 4.39 Å². The average molecular weight is 312 g/mol. The van der Waals surface area contributed by atoms with E-state index in [1.54, 1.807) is 6.07 Å². The van der Waals surface area contributed by atoms with Crippen LogP contribution in [0.2, 0.25) is 0 Å².